The first-order valence-corrected chi connectivity index (χ1v) is 7.44. The third-order valence-corrected chi connectivity index (χ3v) is 3.37. The fourth-order valence-corrected chi connectivity index (χ4v) is 2.13. The van der Waals surface area contributed by atoms with Crippen molar-refractivity contribution in [2.45, 2.75) is 25.6 Å². The van der Waals surface area contributed by atoms with E-state index in [4.69, 9.17) is 9.26 Å². The number of methoxy groups -OCH3 is 1. The van der Waals surface area contributed by atoms with Gasteiger partial charge in [0.15, 0.2) is 5.82 Å². The summed E-state index contributed by atoms with van der Waals surface area (Å²) in [5.41, 5.74) is 0.315. The lowest BCUT2D eigenvalue weighted by Crippen LogP contribution is -2.40. The maximum absolute atomic E-state index is 12.6. The number of hydrogen-bond acceptors (Lipinski definition) is 5. The van der Waals surface area contributed by atoms with E-state index in [1.807, 2.05) is 5.32 Å². The molecule has 1 aromatic carbocycles. The zero-order valence-corrected chi connectivity index (χ0v) is 13.9. The van der Waals surface area contributed by atoms with E-state index in [-0.39, 0.29) is 5.82 Å². The molecular weight excluding hydrogens is 355 g/mol. The lowest BCUT2D eigenvalue weighted by atomic mass is 10.0. The van der Waals surface area contributed by atoms with E-state index >= 15 is 0 Å². The molecule has 0 unspecified atom stereocenters. The number of carbonyl (C=O) groups excluding carboxylic acids is 2. The zero-order chi connectivity index (χ0) is 19.3. The molecule has 0 spiro atoms. The fraction of sp³-hybridized carbons (Fsp3) is 0.312. The Morgan fingerprint density at radius 3 is 2.42 bits per heavy atom. The molecule has 1 aromatic heterocycles. The second-order valence-corrected chi connectivity index (χ2v) is 5.37. The number of alkyl halides is 3. The highest BCUT2D eigenvalue weighted by Gasteiger charge is 2.40. The van der Waals surface area contributed by atoms with Gasteiger partial charge in [-0.3, -0.25) is 9.59 Å². The lowest BCUT2D eigenvalue weighted by molar-refractivity contribution is -0.174. The molecule has 1 heterocycles. The van der Waals surface area contributed by atoms with Crippen molar-refractivity contribution >= 4 is 17.6 Å². The van der Waals surface area contributed by atoms with Crippen LogP contribution >= 0.6 is 0 Å². The molecule has 1 atom stereocenters. The summed E-state index contributed by atoms with van der Waals surface area (Å²) in [5.74, 6) is -1.71. The van der Waals surface area contributed by atoms with E-state index in [9.17, 15) is 22.8 Å². The summed E-state index contributed by atoms with van der Waals surface area (Å²) in [6.07, 6.45) is -5.50. The Morgan fingerprint density at radius 2 is 1.92 bits per heavy atom. The van der Waals surface area contributed by atoms with Gasteiger partial charge in [-0.2, -0.15) is 13.2 Å². The van der Waals surface area contributed by atoms with Crippen molar-refractivity contribution in [3.8, 4) is 5.75 Å². The first kappa shape index (κ1) is 19.3. The van der Waals surface area contributed by atoms with Crippen LogP contribution < -0.4 is 15.4 Å². The molecule has 7 nitrogen and oxygen atoms in total. The summed E-state index contributed by atoms with van der Waals surface area (Å²) in [6.45, 7) is 1.62. The number of amides is 2. The van der Waals surface area contributed by atoms with Crippen molar-refractivity contribution in [2.24, 2.45) is 0 Å². The van der Waals surface area contributed by atoms with E-state index in [1.165, 1.54) is 37.4 Å². The number of nitrogens with zero attached hydrogens (tertiary/aromatic N) is 1. The zero-order valence-electron chi connectivity index (χ0n) is 13.9. The second-order valence-electron chi connectivity index (χ2n) is 5.37. The Bertz CT molecular complexity index is 772. The van der Waals surface area contributed by atoms with Crippen LogP contribution in [0, 0.1) is 6.92 Å². The van der Waals surface area contributed by atoms with E-state index in [1.54, 1.807) is 6.92 Å². The quantitative estimate of drug-likeness (QED) is 0.814. The van der Waals surface area contributed by atoms with Crippen molar-refractivity contribution in [3.05, 3.63) is 41.7 Å². The minimum absolute atomic E-state index is 0.128. The molecule has 0 saturated heterocycles. The fourth-order valence-electron chi connectivity index (χ4n) is 2.13. The molecule has 140 valence electrons. The summed E-state index contributed by atoms with van der Waals surface area (Å²) in [5, 5.41) is 7.79. The van der Waals surface area contributed by atoms with Gasteiger partial charge in [0, 0.05) is 6.07 Å². The molecule has 0 aliphatic rings. The van der Waals surface area contributed by atoms with E-state index < -0.39 is 30.5 Å². The SMILES string of the molecule is COc1ccc([C@H](CC(=O)Nc2cc(C)on2)NC(=O)C(F)(F)F)cc1. The van der Waals surface area contributed by atoms with E-state index in [0.29, 0.717) is 17.1 Å². The van der Waals surface area contributed by atoms with Gasteiger partial charge in [-0.1, -0.05) is 17.3 Å². The maximum Gasteiger partial charge on any atom is 0.471 e. The third-order valence-electron chi connectivity index (χ3n) is 3.37. The number of anilines is 1. The van der Waals surface area contributed by atoms with Gasteiger partial charge in [0.25, 0.3) is 0 Å². The minimum Gasteiger partial charge on any atom is -0.497 e. The molecule has 0 fully saturated rings. The predicted octanol–water partition coefficient (Wildman–Crippen LogP) is 2.74. The molecule has 0 aliphatic carbocycles. The Balaban J connectivity index is 2.15. The van der Waals surface area contributed by atoms with Gasteiger partial charge in [0.1, 0.15) is 11.5 Å². The topological polar surface area (TPSA) is 93.5 Å². The highest BCUT2D eigenvalue weighted by atomic mass is 19.4. The smallest absolute Gasteiger partial charge is 0.471 e. The van der Waals surface area contributed by atoms with Crippen LogP contribution in [0.15, 0.2) is 34.9 Å². The van der Waals surface area contributed by atoms with Gasteiger partial charge in [0.2, 0.25) is 5.91 Å². The number of ether oxygens (including phenoxy) is 1. The highest BCUT2D eigenvalue weighted by Crippen LogP contribution is 2.24. The average molecular weight is 371 g/mol. The second kappa shape index (κ2) is 7.89. The standard InChI is InChI=1S/C16H16F3N3O4/c1-9-7-13(22-26-9)21-14(23)8-12(20-15(24)16(17,18)19)10-3-5-11(25-2)6-4-10/h3-7,12H,8H2,1-2H3,(H,20,24)(H,21,22,23)/t12-/m0/s1. The van der Waals surface area contributed by atoms with Crippen molar-refractivity contribution in [1.29, 1.82) is 0 Å². The van der Waals surface area contributed by atoms with Crippen LogP contribution in [0.25, 0.3) is 0 Å². The average Bonchev–Trinajstić information content (AvgIpc) is 2.98. The van der Waals surface area contributed by atoms with Crippen LogP contribution in [0.2, 0.25) is 0 Å². The van der Waals surface area contributed by atoms with E-state index in [2.05, 4.69) is 10.5 Å². The summed E-state index contributed by atoms with van der Waals surface area (Å²) in [6, 6.07) is 6.22. The van der Waals surface area contributed by atoms with Gasteiger partial charge in [-0.05, 0) is 24.6 Å². The van der Waals surface area contributed by atoms with Crippen molar-refractivity contribution in [2.75, 3.05) is 12.4 Å². The highest BCUT2D eigenvalue weighted by molar-refractivity contribution is 5.91. The summed E-state index contributed by atoms with van der Waals surface area (Å²) < 4.78 is 47.5. The lowest BCUT2D eigenvalue weighted by Gasteiger charge is -2.20. The van der Waals surface area contributed by atoms with E-state index in [0.717, 1.165) is 0 Å². The molecule has 26 heavy (non-hydrogen) atoms. The number of rotatable bonds is 6. The van der Waals surface area contributed by atoms with Crippen LogP contribution in [0.4, 0.5) is 19.0 Å². The molecule has 0 bridgehead atoms. The largest absolute Gasteiger partial charge is 0.497 e. The molecule has 2 amide bonds. The van der Waals surface area contributed by atoms with Crippen molar-refractivity contribution < 1.29 is 32.0 Å². The minimum atomic E-state index is -5.07. The van der Waals surface area contributed by atoms with Gasteiger partial charge in [-0.15, -0.1) is 0 Å². The molecule has 0 radical (unpaired) electrons. The Labute approximate surface area is 146 Å². The van der Waals surface area contributed by atoms with Crippen LogP contribution in [-0.2, 0) is 9.59 Å². The van der Waals surface area contributed by atoms with Crippen molar-refractivity contribution in [3.63, 3.8) is 0 Å². The summed E-state index contributed by atoms with van der Waals surface area (Å²) in [4.78, 5) is 23.4. The molecule has 2 N–H and O–H groups in total. The normalized spacial score (nSPS) is 12.3. The van der Waals surface area contributed by atoms with Gasteiger partial charge >= 0.3 is 12.1 Å². The number of carbonyl (C=O) groups is 2. The van der Waals surface area contributed by atoms with Gasteiger partial charge < -0.3 is 19.9 Å². The Morgan fingerprint density at radius 1 is 1.27 bits per heavy atom. The number of benzene rings is 1. The molecule has 2 rings (SSSR count). The van der Waals surface area contributed by atoms with Crippen LogP contribution in [-0.4, -0.2) is 30.3 Å². The molecule has 0 saturated carbocycles. The number of hydrogen-bond donors (Lipinski definition) is 2. The number of halogens is 3. The molecule has 10 heteroatoms. The van der Waals surface area contributed by atoms with Gasteiger partial charge in [0.05, 0.1) is 19.6 Å². The summed E-state index contributed by atoms with van der Waals surface area (Å²) >= 11 is 0. The van der Waals surface area contributed by atoms with Gasteiger partial charge in [-0.25, -0.2) is 0 Å². The monoisotopic (exact) mass is 371 g/mol. The van der Waals surface area contributed by atoms with Crippen LogP contribution in [0.3, 0.4) is 0 Å². The third kappa shape index (κ3) is 5.23. The Hall–Kier alpha value is -3.04. The molecule has 0 aliphatic heterocycles. The first-order chi connectivity index (χ1) is 12.2. The first-order valence-electron chi connectivity index (χ1n) is 7.44. The number of aromatic nitrogens is 1. The van der Waals surface area contributed by atoms with Crippen LogP contribution in [0.5, 0.6) is 5.75 Å². The van der Waals surface area contributed by atoms with Crippen LogP contribution in [0.1, 0.15) is 23.8 Å². The van der Waals surface area contributed by atoms with Crippen molar-refractivity contribution in [1.82, 2.24) is 10.5 Å². The Kier molecular flexibility index (Phi) is 5.86. The summed E-state index contributed by atoms with van der Waals surface area (Å²) in [7, 11) is 1.44. The number of aryl methyl sites for hydroxylation is 1. The molecular formula is C16H16F3N3O4. The predicted molar refractivity (Wildman–Crippen MR) is 84.4 cm³/mol. The number of nitrogens with one attached hydrogen (secondary N) is 2. The molecule has 2 aromatic rings. The maximum atomic E-state index is 12.6.